The van der Waals surface area contributed by atoms with E-state index in [4.69, 9.17) is 4.74 Å². The highest BCUT2D eigenvalue weighted by Crippen LogP contribution is 2.46. The largest absolute Gasteiger partial charge is 0.426 e. The summed E-state index contributed by atoms with van der Waals surface area (Å²) in [5, 5.41) is 0.392. The van der Waals surface area contributed by atoms with Gasteiger partial charge < -0.3 is 19.5 Å². The standard InChI is InChI=1S/C15H14N4O4/c1-7-16-10-5-9-11(4-8(10)12(20)17-7)19(3)13(21)15(9)6-18(2)14(22)23-15/h4-5H,6H2,1-3H3,(H,16,17,20). The molecule has 0 aliphatic carbocycles. The zero-order chi connectivity index (χ0) is 16.5. The van der Waals surface area contributed by atoms with E-state index in [1.165, 1.54) is 9.80 Å². The molecule has 0 saturated carbocycles. The molecule has 1 aromatic carbocycles. The van der Waals surface area contributed by atoms with Crippen LogP contribution in [-0.4, -0.2) is 47.5 Å². The van der Waals surface area contributed by atoms with Gasteiger partial charge in [0.25, 0.3) is 11.5 Å². The maximum absolute atomic E-state index is 12.7. The zero-order valence-corrected chi connectivity index (χ0v) is 12.8. The average Bonchev–Trinajstić information content (AvgIpc) is 2.89. The number of hydrogen-bond donors (Lipinski definition) is 1. The zero-order valence-electron chi connectivity index (χ0n) is 12.8. The Hall–Kier alpha value is -2.90. The Labute approximate surface area is 130 Å². The fraction of sp³-hybridized carbons (Fsp3) is 0.333. The smallest absolute Gasteiger partial charge is 0.411 e. The monoisotopic (exact) mass is 314 g/mol. The molecule has 2 aliphatic rings. The van der Waals surface area contributed by atoms with E-state index in [1.54, 1.807) is 33.2 Å². The van der Waals surface area contributed by atoms with Gasteiger partial charge in [-0.3, -0.25) is 9.59 Å². The molecule has 2 aliphatic heterocycles. The van der Waals surface area contributed by atoms with Gasteiger partial charge in [-0.15, -0.1) is 0 Å². The Morgan fingerprint density at radius 1 is 1.26 bits per heavy atom. The molecule has 2 aromatic rings. The number of aromatic nitrogens is 2. The van der Waals surface area contributed by atoms with Crippen molar-refractivity contribution < 1.29 is 14.3 Å². The molecule has 4 rings (SSSR count). The minimum Gasteiger partial charge on any atom is -0.426 e. The number of likely N-dealkylation sites (N-methyl/N-ethyl adjacent to an activating group) is 2. The summed E-state index contributed by atoms with van der Waals surface area (Å²) in [4.78, 5) is 46.4. The lowest BCUT2D eigenvalue weighted by Crippen LogP contribution is -2.41. The van der Waals surface area contributed by atoms with Gasteiger partial charge in [-0.2, -0.15) is 0 Å². The first-order valence-corrected chi connectivity index (χ1v) is 7.11. The Kier molecular flexibility index (Phi) is 2.45. The van der Waals surface area contributed by atoms with Gasteiger partial charge >= 0.3 is 6.09 Å². The number of carbonyl (C=O) groups excluding carboxylic acids is 2. The van der Waals surface area contributed by atoms with E-state index in [9.17, 15) is 14.4 Å². The van der Waals surface area contributed by atoms with Gasteiger partial charge in [-0.1, -0.05) is 0 Å². The van der Waals surface area contributed by atoms with Crippen molar-refractivity contribution in [1.29, 1.82) is 0 Å². The lowest BCUT2D eigenvalue weighted by atomic mass is 9.94. The third-order valence-electron chi connectivity index (χ3n) is 4.42. The first-order valence-electron chi connectivity index (χ1n) is 7.11. The molecular formula is C15H14N4O4. The van der Waals surface area contributed by atoms with Gasteiger partial charge in [0.05, 0.1) is 23.1 Å². The van der Waals surface area contributed by atoms with Gasteiger partial charge in [0.15, 0.2) is 0 Å². The summed E-state index contributed by atoms with van der Waals surface area (Å²) in [6.07, 6.45) is -0.547. The molecule has 3 heterocycles. The highest BCUT2D eigenvalue weighted by molar-refractivity contribution is 6.10. The highest BCUT2D eigenvalue weighted by Gasteiger charge is 2.58. The number of ether oxygens (including phenoxy) is 1. The predicted molar refractivity (Wildman–Crippen MR) is 81.3 cm³/mol. The molecule has 1 N–H and O–H groups in total. The lowest BCUT2D eigenvalue weighted by Gasteiger charge is -2.19. The van der Waals surface area contributed by atoms with Crippen LogP contribution in [-0.2, 0) is 15.1 Å². The molecule has 8 heteroatoms. The number of carbonyl (C=O) groups is 2. The van der Waals surface area contributed by atoms with Crippen LogP contribution in [0.15, 0.2) is 16.9 Å². The molecule has 0 bridgehead atoms. The molecule has 1 saturated heterocycles. The van der Waals surface area contributed by atoms with Crippen molar-refractivity contribution >= 4 is 28.6 Å². The molecule has 1 unspecified atom stereocenters. The van der Waals surface area contributed by atoms with Gasteiger partial charge in [0.1, 0.15) is 5.82 Å². The first-order chi connectivity index (χ1) is 10.8. The van der Waals surface area contributed by atoms with E-state index in [0.717, 1.165) is 0 Å². The third kappa shape index (κ3) is 1.60. The fourth-order valence-electron chi connectivity index (χ4n) is 3.30. The predicted octanol–water partition coefficient (Wildman–Crippen LogP) is 0.485. The lowest BCUT2D eigenvalue weighted by molar-refractivity contribution is -0.132. The van der Waals surface area contributed by atoms with Gasteiger partial charge in [-0.25, -0.2) is 9.78 Å². The van der Waals surface area contributed by atoms with E-state index < -0.39 is 11.7 Å². The number of rotatable bonds is 0. The number of anilines is 1. The van der Waals surface area contributed by atoms with Crippen LogP contribution in [0.25, 0.3) is 10.9 Å². The summed E-state index contributed by atoms with van der Waals surface area (Å²) in [5.41, 5.74) is -0.0346. The van der Waals surface area contributed by atoms with Crippen molar-refractivity contribution in [3.05, 3.63) is 33.9 Å². The summed E-state index contributed by atoms with van der Waals surface area (Å²) in [5.74, 6) is 0.156. The molecule has 1 spiro atoms. The number of fused-ring (bicyclic) bond motifs is 3. The Morgan fingerprint density at radius 3 is 2.65 bits per heavy atom. The topological polar surface area (TPSA) is 95.6 Å². The second kappa shape index (κ2) is 4.09. The number of aromatic amines is 1. The van der Waals surface area contributed by atoms with E-state index in [2.05, 4.69) is 9.97 Å². The molecule has 1 fully saturated rings. The van der Waals surface area contributed by atoms with Crippen LogP contribution in [0.1, 0.15) is 11.4 Å². The summed E-state index contributed by atoms with van der Waals surface area (Å²) >= 11 is 0. The van der Waals surface area contributed by atoms with E-state index in [1.807, 2.05) is 0 Å². The minimum atomic E-state index is -1.36. The van der Waals surface area contributed by atoms with Crippen molar-refractivity contribution in [2.45, 2.75) is 12.5 Å². The second-order valence-corrected chi connectivity index (χ2v) is 5.95. The van der Waals surface area contributed by atoms with Crippen LogP contribution in [0.4, 0.5) is 10.5 Å². The molecule has 1 aromatic heterocycles. The number of nitrogens with one attached hydrogen (secondary N) is 1. The third-order valence-corrected chi connectivity index (χ3v) is 4.42. The summed E-state index contributed by atoms with van der Waals surface area (Å²) in [6.45, 7) is 1.82. The Morgan fingerprint density at radius 2 is 2.00 bits per heavy atom. The van der Waals surface area contributed by atoms with Crippen molar-refractivity contribution in [2.24, 2.45) is 0 Å². The summed E-state index contributed by atoms with van der Waals surface area (Å²) < 4.78 is 5.42. The number of aryl methyl sites for hydroxylation is 1. The maximum atomic E-state index is 12.7. The van der Waals surface area contributed by atoms with Crippen LogP contribution in [0, 0.1) is 6.92 Å². The number of amides is 2. The van der Waals surface area contributed by atoms with E-state index in [-0.39, 0.29) is 18.0 Å². The Balaban J connectivity index is 2.04. The van der Waals surface area contributed by atoms with Crippen molar-refractivity contribution in [3.8, 4) is 0 Å². The average molecular weight is 314 g/mol. The SMILES string of the molecule is Cc1nc2cc3c(cc2c(=O)[nH]1)N(C)C(=O)C31CN(C)C(=O)O1. The quantitative estimate of drug-likeness (QED) is 0.763. The molecule has 8 nitrogen and oxygen atoms in total. The van der Waals surface area contributed by atoms with Crippen LogP contribution in [0.2, 0.25) is 0 Å². The van der Waals surface area contributed by atoms with Crippen molar-refractivity contribution in [3.63, 3.8) is 0 Å². The minimum absolute atomic E-state index is 0.135. The van der Waals surface area contributed by atoms with Crippen molar-refractivity contribution in [2.75, 3.05) is 25.5 Å². The summed E-state index contributed by atoms with van der Waals surface area (Å²) in [6, 6.07) is 3.29. The fourth-order valence-corrected chi connectivity index (χ4v) is 3.30. The molecule has 23 heavy (non-hydrogen) atoms. The second-order valence-electron chi connectivity index (χ2n) is 5.95. The first kappa shape index (κ1) is 13.7. The highest BCUT2D eigenvalue weighted by atomic mass is 16.6. The molecule has 2 amide bonds. The molecular weight excluding hydrogens is 300 g/mol. The number of nitrogens with zero attached hydrogens (tertiary/aromatic N) is 3. The number of benzene rings is 1. The van der Waals surface area contributed by atoms with Crippen LogP contribution >= 0.6 is 0 Å². The Bertz CT molecular complexity index is 950. The van der Waals surface area contributed by atoms with Gasteiger partial charge in [-0.05, 0) is 19.1 Å². The molecule has 0 radical (unpaired) electrons. The van der Waals surface area contributed by atoms with E-state index >= 15 is 0 Å². The number of H-pyrrole nitrogens is 1. The van der Waals surface area contributed by atoms with E-state index in [0.29, 0.717) is 28.0 Å². The van der Waals surface area contributed by atoms with Crippen molar-refractivity contribution in [1.82, 2.24) is 14.9 Å². The molecule has 118 valence electrons. The molecule has 1 atom stereocenters. The number of hydrogen-bond acceptors (Lipinski definition) is 5. The van der Waals surface area contributed by atoms with Gasteiger partial charge in [0.2, 0.25) is 5.60 Å². The van der Waals surface area contributed by atoms with Crippen LogP contribution in [0.5, 0.6) is 0 Å². The van der Waals surface area contributed by atoms with Crippen LogP contribution < -0.4 is 10.5 Å². The maximum Gasteiger partial charge on any atom is 0.411 e. The normalized spacial score (nSPS) is 23.1. The summed E-state index contributed by atoms with van der Waals surface area (Å²) in [7, 11) is 3.18. The van der Waals surface area contributed by atoms with Crippen LogP contribution in [0.3, 0.4) is 0 Å². The van der Waals surface area contributed by atoms with Gasteiger partial charge in [0, 0.05) is 19.7 Å².